The van der Waals surface area contributed by atoms with Crippen molar-refractivity contribution in [3.05, 3.63) is 59.1 Å². The third-order valence-corrected chi connectivity index (χ3v) is 7.29. The molecule has 1 aliphatic carbocycles. The van der Waals surface area contributed by atoms with Crippen molar-refractivity contribution in [1.82, 2.24) is 15.1 Å². The topological polar surface area (TPSA) is 107 Å². The molecule has 0 radical (unpaired) electrons. The molecule has 4 heterocycles. The van der Waals surface area contributed by atoms with Crippen LogP contribution < -0.4 is 10.6 Å². The number of nitrogens with zero attached hydrogens (tertiary/aromatic N) is 4. The molecule has 1 aromatic carbocycles. The lowest BCUT2D eigenvalue weighted by Crippen LogP contribution is -2.46. The Balaban J connectivity index is 1.19. The van der Waals surface area contributed by atoms with Crippen LogP contribution >= 0.6 is 0 Å². The molecule has 3 aliphatic rings. The standard InChI is InChI=1S/C26H29N5O3/c1-15-11-22(25(27)32)29-26(28-15)31-18-9-10-19(31)13-20(12-18)33-14-21-23(16-5-3-2-4-6-16)30-34-24(21)17-7-8-17/h2-6,11,17-20H,7-10,12-14H2,1H3,(H2,27,32)/t18-,19?,20?/m0/s1. The van der Waals surface area contributed by atoms with Crippen LogP contribution in [0.3, 0.4) is 0 Å². The van der Waals surface area contributed by atoms with Gasteiger partial charge >= 0.3 is 0 Å². The van der Waals surface area contributed by atoms with Gasteiger partial charge in [0.1, 0.15) is 17.1 Å². The number of carbonyl (C=O) groups is 1. The molecule has 8 heteroatoms. The van der Waals surface area contributed by atoms with Crippen molar-refractivity contribution in [3.8, 4) is 11.3 Å². The first-order valence-electron chi connectivity index (χ1n) is 12.2. The van der Waals surface area contributed by atoms with E-state index in [4.69, 9.17) is 15.0 Å². The summed E-state index contributed by atoms with van der Waals surface area (Å²) in [6.45, 7) is 2.38. The molecule has 2 aromatic heterocycles. The maximum Gasteiger partial charge on any atom is 0.267 e. The Morgan fingerprint density at radius 3 is 2.53 bits per heavy atom. The van der Waals surface area contributed by atoms with Gasteiger partial charge in [-0.1, -0.05) is 35.5 Å². The summed E-state index contributed by atoms with van der Waals surface area (Å²) in [7, 11) is 0. The van der Waals surface area contributed by atoms with E-state index in [1.807, 2.05) is 25.1 Å². The molecule has 2 saturated heterocycles. The minimum absolute atomic E-state index is 0.153. The number of primary amides is 1. The van der Waals surface area contributed by atoms with E-state index in [0.717, 1.165) is 66.8 Å². The highest BCUT2D eigenvalue weighted by Crippen LogP contribution is 2.45. The van der Waals surface area contributed by atoms with Gasteiger partial charge in [-0.05, 0) is 51.5 Å². The molecule has 2 N–H and O–H groups in total. The number of rotatable bonds is 7. The molecule has 0 spiro atoms. The normalized spacial score (nSPS) is 23.9. The van der Waals surface area contributed by atoms with Crippen LogP contribution in [-0.2, 0) is 11.3 Å². The average molecular weight is 460 g/mol. The van der Waals surface area contributed by atoms with Crippen molar-refractivity contribution in [2.24, 2.45) is 5.73 Å². The summed E-state index contributed by atoms with van der Waals surface area (Å²) in [4.78, 5) is 23.1. The van der Waals surface area contributed by atoms with Gasteiger partial charge in [-0.3, -0.25) is 4.79 Å². The number of amides is 1. The summed E-state index contributed by atoms with van der Waals surface area (Å²) >= 11 is 0. The Bertz CT molecular complexity index is 1190. The summed E-state index contributed by atoms with van der Waals surface area (Å²) in [6, 6.07) is 12.4. The fourth-order valence-corrected chi connectivity index (χ4v) is 5.54. The Morgan fingerprint density at radius 2 is 1.85 bits per heavy atom. The maximum atomic E-state index is 11.7. The fraction of sp³-hybridized carbons (Fsp3) is 0.462. The first kappa shape index (κ1) is 21.3. The molecule has 3 atom stereocenters. The third-order valence-electron chi connectivity index (χ3n) is 7.29. The van der Waals surface area contributed by atoms with Crippen LogP contribution in [0.2, 0.25) is 0 Å². The zero-order valence-electron chi connectivity index (χ0n) is 19.3. The number of carbonyl (C=O) groups excluding carboxylic acids is 1. The quantitative estimate of drug-likeness (QED) is 0.566. The van der Waals surface area contributed by atoms with Crippen LogP contribution in [0.4, 0.5) is 5.95 Å². The van der Waals surface area contributed by atoms with Crippen LogP contribution in [0.5, 0.6) is 0 Å². The maximum absolute atomic E-state index is 11.7. The van der Waals surface area contributed by atoms with Crippen molar-refractivity contribution in [2.75, 3.05) is 4.90 Å². The summed E-state index contributed by atoms with van der Waals surface area (Å²) in [5, 5.41) is 4.42. The van der Waals surface area contributed by atoms with E-state index >= 15 is 0 Å². The second-order valence-electron chi connectivity index (χ2n) is 9.77. The molecule has 3 aromatic rings. The summed E-state index contributed by atoms with van der Waals surface area (Å²) in [5.41, 5.74) is 9.57. The molecule has 2 bridgehead atoms. The van der Waals surface area contributed by atoms with E-state index in [1.54, 1.807) is 6.07 Å². The van der Waals surface area contributed by atoms with E-state index in [0.29, 0.717) is 30.6 Å². The molecule has 3 fully saturated rings. The number of fused-ring (bicyclic) bond motifs is 2. The molecule has 1 amide bonds. The van der Waals surface area contributed by atoms with Crippen LogP contribution in [0.15, 0.2) is 40.9 Å². The van der Waals surface area contributed by atoms with E-state index in [-0.39, 0.29) is 11.8 Å². The van der Waals surface area contributed by atoms with Crippen molar-refractivity contribution >= 4 is 11.9 Å². The molecule has 176 valence electrons. The highest BCUT2D eigenvalue weighted by molar-refractivity contribution is 5.91. The number of ether oxygens (including phenoxy) is 1. The molecular weight excluding hydrogens is 430 g/mol. The van der Waals surface area contributed by atoms with Crippen LogP contribution in [0.25, 0.3) is 11.3 Å². The monoisotopic (exact) mass is 459 g/mol. The number of anilines is 1. The van der Waals surface area contributed by atoms with Gasteiger partial charge in [0.2, 0.25) is 5.95 Å². The first-order valence-corrected chi connectivity index (χ1v) is 12.2. The van der Waals surface area contributed by atoms with E-state index in [2.05, 4.69) is 32.2 Å². The molecule has 8 nitrogen and oxygen atoms in total. The van der Waals surface area contributed by atoms with Crippen LogP contribution in [-0.4, -0.2) is 39.2 Å². The minimum atomic E-state index is -0.522. The third kappa shape index (κ3) is 3.96. The van der Waals surface area contributed by atoms with Crippen molar-refractivity contribution < 1.29 is 14.1 Å². The lowest BCUT2D eigenvalue weighted by Gasteiger charge is -2.39. The Labute approximate surface area is 198 Å². The minimum Gasteiger partial charge on any atom is -0.373 e. The number of nitrogens with two attached hydrogens (primary N) is 1. The van der Waals surface area contributed by atoms with E-state index in [9.17, 15) is 4.79 Å². The Hall–Kier alpha value is -3.26. The average Bonchev–Trinajstić information content (AvgIpc) is 3.53. The van der Waals surface area contributed by atoms with Crippen molar-refractivity contribution in [3.63, 3.8) is 0 Å². The number of benzene rings is 1. The molecule has 2 aliphatic heterocycles. The summed E-state index contributed by atoms with van der Waals surface area (Å²) in [5.74, 6) is 1.55. The number of aromatic nitrogens is 3. The second-order valence-corrected chi connectivity index (χ2v) is 9.77. The number of piperidine rings is 1. The lowest BCUT2D eigenvalue weighted by atomic mass is 9.99. The molecule has 1 saturated carbocycles. The van der Waals surface area contributed by atoms with Gasteiger partial charge in [-0.15, -0.1) is 0 Å². The van der Waals surface area contributed by atoms with Gasteiger partial charge in [0.25, 0.3) is 5.91 Å². The first-order chi connectivity index (χ1) is 16.6. The molecule has 34 heavy (non-hydrogen) atoms. The van der Waals surface area contributed by atoms with Gasteiger partial charge in [-0.2, -0.15) is 0 Å². The lowest BCUT2D eigenvalue weighted by molar-refractivity contribution is 0.0144. The number of hydrogen-bond acceptors (Lipinski definition) is 7. The van der Waals surface area contributed by atoms with E-state index in [1.165, 1.54) is 0 Å². The Kier molecular flexibility index (Phi) is 5.32. The SMILES string of the molecule is Cc1cc(C(N)=O)nc(N2C3CC[C@H]2CC(OCc2c(-c4ccccc4)noc2C2CC2)C3)n1. The molecule has 6 rings (SSSR count). The van der Waals surface area contributed by atoms with Gasteiger partial charge in [0.05, 0.1) is 12.7 Å². The van der Waals surface area contributed by atoms with Gasteiger partial charge in [0.15, 0.2) is 0 Å². The van der Waals surface area contributed by atoms with Gasteiger partial charge in [-0.25, -0.2) is 9.97 Å². The van der Waals surface area contributed by atoms with Gasteiger partial charge < -0.3 is 19.9 Å². The highest BCUT2D eigenvalue weighted by atomic mass is 16.5. The predicted octanol–water partition coefficient (Wildman–Crippen LogP) is 4.13. The van der Waals surface area contributed by atoms with Crippen molar-refractivity contribution in [1.29, 1.82) is 0 Å². The number of hydrogen-bond donors (Lipinski definition) is 1. The predicted molar refractivity (Wildman–Crippen MR) is 126 cm³/mol. The Morgan fingerprint density at radius 1 is 1.12 bits per heavy atom. The van der Waals surface area contributed by atoms with Gasteiger partial charge in [0, 0.05) is 34.8 Å². The summed E-state index contributed by atoms with van der Waals surface area (Å²) < 4.78 is 12.3. The molecular formula is C26H29N5O3. The van der Waals surface area contributed by atoms with Crippen molar-refractivity contribution in [2.45, 2.75) is 76.2 Å². The van der Waals surface area contributed by atoms with E-state index < -0.39 is 5.91 Å². The zero-order chi connectivity index (χ0) is 23.2. The largest absolute Gasteiger partial charge is 0.373 e. The second kappa shape index (κ2) is 8.51. The smallest absolute Gasteiger partial charge is 0.267 e. The number of aryl methyl sites for hydroxylation is 1. The highest BCUT2D eigenvalue weighted by Gasteiger charge is 2.43. The summed E-state index contributed by atoms with van der Waals surface area (Å²) in [6.07, 6.45) is 6.42. The fourth-order valence-electron chi connectivity index (χ4n) is 5.54. The van der Waals surface area contributed by atoms with Crippen LogP contribution in [0, 0.1) is 6.92 Å². The van der Waals surface area contributed by atoms with Crippen LogP contribution in [0.1, 0.15) is 71.9 Å². The molecule has 2 unspecified atom stereocenters. The zero-order valence-corrected chi connectivity index (χ0v) is 19.3.